The topological polar surface area (TPSA) is 20.2 Å². The molecule has 0 aliphatic carbocycles. The molecule has 1 nitrogen and oxygen atoms in total. The first-order valence-electron chi connectivity index (χ1n) is 7.61. The van der Waals surface area contributed by atoms with Crippen molar-refractivity contribution in [1.82, 2.24) is 0 Å². The first-order chi connectivity index (χ1) is 9.84. The number of para-hydroxylation sites is 1. The Morgan fingerprint density at radius 1 is 0.800 bits per heavy atom. The third-order valence-corrected chi connectivity index (χ3v) is 3.04. The average molecular weight is 276 g/mol. The number of hydrogen-bond donors (Lipinski definition) is 1. The Balaban J connectivity index is 0. The fraction of sp³-hybridized carbons (Fsp3) is 0.474. The standard InChI is InChI=1S/C15H24O.2C2H4/c1-2-3-4-5-6-7-8-11-14-12-9-10-13-15(14)16;2*1-2/h9-10,12-13,16H,2-8,11H2,1H3;2*1-2H2. The third kappa shape index (κ3) is 11.6. The highest BCUT2D eigenvalue weighted by atomic mass is 16.3. The molecular formula is C19H32O. The maximum atomic E-state index is 9.58. The van der Waals surface area contributed by atoms with Crippen LogP contribution >= 0.6 is 0 Å². The summed E-state index contributed by atoms with van der Waals surface area (Å²) in [6.45, 7) is 14.2. The van der Waals surface area contributed by atoms with E-state index in [0.29, 0.717) is 5.75 Å². The zero-order valence-electron chi connectivity index (χ0n) is 13.2. The van der Waals surface area contributed by atoms with E-state index in [9.17, 15) is 5.11 Å². The number of phenols is 1. The molecule has 0 atom stereocenters. The maximum absolute atomic E-state index is 9.58. The Labute approximate surface area is 126 Å². The van der Waals surface area contributed by atoms with Crippen LogP contribution in [0, 0.1) is 0 Å². The van der Waals surface area contributed by atoms with Crippen LogP contribution in [-0.2, 0) is 6.42 Å². The summed E-state index contributed by atoms with van der Waals surface area (Å²) in [5, 5.41) is 9.58. The summed E-state index contributed by atoms with van der Waals surface area (Å²) in [4.78, 5) is 0. The van der Waals surface area contributed by atoms with Crippen molar-refractivity contribution in [3.05, 3.63) is 56.1 Å². The first-order valence-corrected chi connectivity index (χ1v) is 7.61. The Bertz CT molecular complexity index is 304. The van der Waals surface area contributed by atoms with E-state index in [-0.39, 0.29) is 0 Å². The second-order valence-corrected chi connectivity index (χ2v) is 4.50. The quantitative estimate of drug-likeness (QED) is 0.437. The highest BCUT2D eigenvalue weighted by Gasteiger charge is 1.98. The SMILES string of the molecule is C=C.C=C.CCCCCCCCCc1ccccc1O. The van der Waals surface area contributed by atoms with Crippen molar-refractivity contribution in [3.8, 4) is 5.75 Å². The van der Waals surface area contributed by atoms with Gasteiger partial charge in [-0.1, -0.05) is 63.6 Å². The minimum Gasteiger partial charge on any atom is -0.508 e. The van der Waals surface area contributed by atoms with Gasteiger partial charge in [0, 0.05) is 0 Å². The van der Waals surface area contributed by atoms with Crippen molar-refractivity contribution in [2.45, 2.75) is 58.3 Å². The van der Waals surface area contributed by atoms with E-state index in [1.165, 1.54) is 44.9 Å². The molecule has 0 saturated heterocycles. The molecule has 0 amide bonds. The first kappa shape index (κ1) is 20.8. The van der Waals surface area contributed by atoms with Crippen LogP contribution in [0.15, 0.2) is 50.6 Å². The fourth-order valence-corrected chi connectivity index (χ4v) is 1.99. The molecule has 0 spiro atoms. The number of aromatic hydroxyl groups is 1. The number of aryl methyl sites for hydroxylation is 1. The molecular weight excluding hydrogens is 244 g/mol. The van der Waals surface area contributed by atoms with Gasteiger partial charge >= 0.3 is 0 Å². The van der Waals surface area contributed by atoms with Crippen LogP contribution < -0.4 is 0 Å². The summed E-state index contributed by atoms with van der Waals surface area (Å²) in [5.74, 6) is 0.452. The molecule has 20 heavy (non-hydrogen) atoms. The molecule has 0 aromatic heterocycles. The highest BCUT2D eigenvalue weighted by Crippen LogP contribution is 2.18. The molecule has 0 fully saturated rings. The molecule has 1 rings (SSSR count). The summed E-state index contributed by atoms with van der Waals surface area (Å²) in [6.07, 6.45) is 10.3. The molecule has 0 aliphatic rings. The van der Waals surface area contributed by atoms with Gasteiger partial charge in [-0.05, 0) is 24.5 Å². The van der Waals surface area contributed by atoms with Gasteiger partial charge in [-0.2, -0.15) is 0 Å². The molecule has 0 radical (unpaired) electrons. The number of rotatable bonds is 8. The van der Waals surface area contributed by atoms with Gasteiger partial charge in [-0.15, -0.1) is 26.3 Å². The van der Waals surface area contributed by atoms with E-state index in [1.54, 1.807) is 6.07 Å². The normalized spacial score (nSPS) is 8.85. The average Bonchev–Trinajstić information content (AvgIpc) is 2.52. The van der Waals surface area contributed by atoms with Crippen molar-refractivity contribution in [2.75, 3.05) is 0 Å². The van der Waals surface area contributed by atoms with Gasteiger partial charge in [0.25, 0.3) is 0 Å². The minimum atomic E-state index is 0.452. The van der Waals surface area contributed by atoms with Gasteiger partial charge in [-0.25, -0.2) is 0 Å². The van der Waals surface area contributed by atoms with E-state index in [4.69, 9.17) is 0 Å². The predicted octanol–water partition coefficient (Wildman–Crippen LogP) is 6.29. The smallest absolute Gasteiger partial charge is 0.118 e. The number of unbranched alkanes of at least 4 members (excludes halogenated alkanes) is 6. The zero-order chi connectivity index (χ0) is 15.6. The molecule has 0 unspecified atom stereocenters. The third-order valence-electron chi connectivity index (χ3n) is 3.04. The lowest BCUT2D eigenvalue weighted by Gasteiger charge is -2.04. The van der Waals surface area contributed by atoms with Crippen LogP contribution in [0.2, 0.25) is 0 Å². The largest absolute Gasteiger partial charge is 0.508 e. The zero-order valence-corrected chi connectivity index (χ0v) is 13.2. The molecule has 1 aromatic rings. The number of hydrogen-bond acceptors (Lipinski definition) is 1. The molecule has 0 aliphatic heterocycles. The summed E-state index contributed by atoms with van der Waals surface area (Å²) in [6, 6.07) is 7.67. The molecule has 0 bridgehead atoms. The number of phenolic OH excluding ortho intramolecular Hbond substituents is 1. The lowest BCUT2D eigenvalue weighted by Crippen LogP contribution is -1.87. The minimum absolute atomic E-state index is 0.452. The summed E-state index contributed by atoms with van der Waals surface area (Å²) in [7, 11) is 0. The van der Waals surface area contributed by atoms with E-state index in [0.717, 1.165) is 12.0 Å². The van der Waals surface area contributed by atoms with Crippen molar-refractivity contribution < 1.29 is 5.11 Å². The second kappa shape index (κ2) is 17.5. The van der Waals surface area contributed by atoms with Crippen LogP contribution in [0.4, 0.5) is 0 Å². The second-order valence-electron chi connectivity index (χ2n) is 4.50. The van der Waals surface area contributed by atoms with Gasteiger partial charge in [-0.3, -0.25) is 0 Å². The molecule has 1 heteroatoms. The van der Waals surface area contributed by atoms with E-state index < -0.39 is 0 Å². The lowest BCUT2D eigenvalue weighted by atomic mass is 10.0. The fourth-order valence-electron chi connectivity index (χ4n) is 1.99. The van der Waals surface area contributed by atoms with E-state index in [2.05, 4.69) is 33.2 Å². The van der Waals surface area contributed by atoms with Crippen molar-refractivity contribution in [1.29, 1.82) is 0 Å². The van der Waals surface area contributed by atoms with Crippen LogP contribution in [0.1, 0.15) is 57.4 Å². The molecule has 0 heterocycles. The highest BCUT2D eigenvalue weighted by molar-refractivity contribution is 5.31. The summed E-state index contributed by atoms with van der Waals surface area (Å²) in [5.41, 5.74) is 1.09. The van der Waals surface area contributed by atoms with Gasteiger partial charge < -0.3 is 5.11 Å². The van der Waals surface area contributed by atoms with Crippen LogP contribution in [0.3, 0.4) is 0 Å². The lowest BCUT2D eigenvalue weighted by molar-refractivity contribution is 0.466. The van der Waals surface area contributed by atoms with Gasteiger partial charge in [0.2, 0.25) is 0 Å². The van der Waals surface area contributed by atoms with Gasteiger partial charge in [0.1, 0.15) is 5.75 Å². The van der Waals surface area contributed by atoms with Crippen LogP contribution in [0.25, 0.3) is 0 Å². The van der Waals surface area contributed by atoms with Gasteiger partial charge in [0.05, 0.1) is 0 Å². The Morgan fingerprint density at radius 2 is 1.30 bits per heavy atom. The van der Waals surface area contributed by atoms with E-state index >= 15 is 0 Å². The van der Waals surface area contributed by atoms with Crippen LogP contribution in [0.5, 0.6) is 5.75 Å². The van der Waals surface area contributed by atoms with Crippen molar-refractivity contribution >= 4 is 0 Å². The molecule has 1 aromatic carbocycles. The van der Waals surface area contributed by atoms with Crippen molar-refractivity contribution in [3.63, 3.8) is 0 Å². The number of benzene rings is 1. The Hall–Kier alpha value is -1.50. The Morgan fingerprint density at radius 3 is 1.85 bits per heavy atom. The van der Waals surface area contributed by atoms with Gasteiger partial charge in [0.15, 0.2) is 0 Å². The monoisotopic (exact) mass is 276 g/mol. The summed E-state index contributed by atoms with van der Waals surface area (Å²) >= 11 is 0. The van der Waals surface area contributed by atoms with Crippen LogP contribution in [-0.4, -0.2) is 5.11 Å². The predicted molar refractivity (Wildman–Crippen MR) is 92.3 cm³/mol. The Kier molecular flexibility index (Phi) is 18.2. The molecule has 1 N–H and O–H groups in total. The molecule has 0 saturated carbocycles. The summed E-state index contributed by atoms with van der Waals surface area (Å²) < 4.78 is 0. The molecule has 114 valence electrons. The maximum Gasteiger partial charge on any atom is 0.118 e. The van der Waals surface area contributed by atoms with E-state index in [1.807, 2.05) is 18.2 Å². The van der Waals surface area contributed by atoms with Crippen molar-refractivity contribution in [2.24, 2.45) is 0 Å².